The normalized spacial score (nSPS) is 11.0. The fourth-order valence-electron chi connectivity index (χ4n) is 3.30. The summed E-state index contributed by atoms with van der Waals surface area (Å²) >= 11 is 6.18. The van der Waals surface area contributed by atoms with Crippen LogP contribution in [0.25, 0.3) is 17.1 Å². The number of amides is 1. The van der Waals surface area contributed by atoms with E-state index >= 15 is 0 Å². The van der Waals surface area contributed by atoms with Gasteiger partial charge in [-0.25, -0.2) is 5.43 Å². The Hall–Kier alpha value is -3.35. The number of thioether (sulfide) groups is 1. The third-order valence-corrected chi connectivity index (χ3v) is 7.37. The molecule has 0 aliphatic heterocycles. The number of nitrogens with one attached hydrogen (secondary N) is 1. The lowest BCUT2D eigenvalue weighted by Gasteiger charge is -2.15. The Labute approximate surface area is 224 Å². The van der Waals surface area contributed by atoms with Gasteiger partial charge in [-0.2, -0.15) is 5.10 Å². The highest BCUT2D eigenvalue weighted by Gasteiger charge is 2.21. The van der Waals surface area contributed by atoms with Gasteiger partial charge in [-0.05, 0) is 52.3 Å². The molecule has 0 atom stereocenters. The lowest BCUT2D eigenvalue weighted by molar-refractivity contribution is -0.118. The Kier molecular flexibility index (Phi) is 8.62. The van der Waals surface area contributed by atoms with Gasteiger partial charge in [0.25, 0.3) is 5.91 Å². The average molecular weight is 589 g/mol. The highest BCUT2D eigenvalue weighted by molar-refractivity contribution is 9.11. The van der Waals surface area contributed by atoms with Gasteiger partial charge in [0, 0.05) is 16.1 Å². The number of hydrogen-bond donors (Lipinski definition) is 1. The molecule has 1 amide bonds. The van der Waals surface area contributed by atoms with Gasteiger partial charge < -0.3 is 14.2 Å². The van der Waals surface area contributed by atoms with Crippen LogP contribution >= 0.6 is 39.0 Å². The number of rotatable bonds is 10. The van der Waals surface area contributed by atoms with Gasteiger partial charge in [-0.3, -0.25) is 9.36 Å². The smallest absolute Gasteiger partial charge is 0.250 e. The first-order valence-electron chi connectivity index (χ1n) is 10.5. The molecule has 36 heavy (non-hydrogen) atoms. The maximum absolute atomic E-state index is 12.4. The van der Waals surface area contributed by atoms with Gasteiger partial charge in [0.05, 0.1) is 37.1 Å². The summed E-state index contributed by atoms with van der Waals surface area (Å²) in [5.74, 6) is 1.88. The van der Waals surface area contributed by atoms with E-state index in [0.717, 1.165) is 14.4 Å². The molecule has 0 aliphatic carbocycles. The van der Waals surface area contributed by atoms with Crippen molar-refractivity contribution in [2.45, 2.75) is 5.16 Å². The summed E-state index contributed by atoms with van der Waals surface area (Å²) in [7, 11) is 4.67. The fraction of sp³-hybridized carbons (Fsp3) is 0.167. The molecule has 0 unspecified atom stereocenters. The van der Waals surface area contributed by atoms with Gasteiger partial charge in [-0.15, -0.1) is 21.5 Å². The quantitative estimate of drug-likeness (QED) is 0.158. The van der Waals surface area contributed by atoms with E-state index in [1.165, 1.54) is 23.1 Å². The highest BCUT2D eigenvalue weighted by Crippen LogP contribution is 2.41. The van der Waals surface area contributed by atoms with Crippen molar-refractivity contribution in [3.05, 3.63) is 63.3 Å². The second-order valence-corrected chi connectivity index (χ2v) is 10.6. The molecular weight excluding hydrogens is 566 g/mol. The largest absolute Gasteiger partial charge is 0.493 e. The second-order valence-electron chi connectivity index (χ2n) is 7.11. The predicted octanol–water partition coefficient (Wildman–Crippen LogP) is 5.03. The number of thiophene rings is 1. The molecule has 0 fully saturated rings. The summed E-state index contributed by atoms with van der Waals surface area (Å²) in [6, 6.07) is 17.1. The second kappa shape index (κ2) is 12.1. The molecule has 0 bridgehead atoms. The minimum absolute atomic E-state index is 0.103. The fourth-order valence-corrected chi connectivity index (χ4v) is 5.34. The molecule has 0 spiro atoms. The van der Waals surface area contributed by atoms with Crippen LogP contribution in [0.3, 0.4) is 0 Å². The van der Waals surface area contributed by atoms with Crippen molar-refractivity contribution >= 4 is 51.2 Å². The van der Waals surface area contributed by atoms with Crippen molar-refractivity contribution in [3.8, 4) is 34.3 Å². The van der Waals surface area contributed by atoms with Gasteiger partial charge in [0.15, 0.2) is 22.5 Å². The molecule has 2 aromatic heterocycles. The Bertz CT molecular complexity index is 1350. The van der Waals surface area contributed by atoms with Gasteiger partial charge in [0.2, 0.25) is 5.75 Å². The van der Waals surface area contributed by atoms with E-state index in [9.17, 15) is 4.79 Å². The van der Waals surface area contributed by atoms with E-state index in [1.807, 2.05) is 59.2 Å². The molecule has 0 saturated carbocycles. The van der Waals surface area contributed by atoms with Crippen molar-refractivity contribution < 1.29 is 19.0 Å². The van der Waals surface area contributed by atoms with Crippen molar-refractivity contribution in [3.63, 3.8) is 0 Å². The van der Waals surface area contributed by atoms with Crippen LogP contribution in [0.4, 0.5) is 0 Å². The topological polar surface area (TPSA) is 99.9 Å². The Morgan fingerprint density at radius 2 is 1.81 bits per heavy atom. The molecular formula is C24H22BrN5O4S2. The van der Waals surface area contributed by atoms with E-state index in [2.05, 4.69) is 36.7 Å². The molecule has 0 aliphatic rings. The molecule has 0 radical (unpaired) electrons. The number of aromatic nitrogens is 3. The van der Waals surface area contributed by atoms with Crippen LogP contribution in [0.1, 0.15) is 4.88 Å². The number of carbonyl (C=O) groups excluding carboxylic acids is 1. The molecule has 9 nitrogen and oxygen atoms in total. The number of hydrogen-bond acceptors (Lipinski definition) is 9. The van der Waals surface area contributed by atoms with E-state index in [4.69, 9.17) is 14.2 Å². The first-order valence-corrected chi connectivity index (χ1v) is 13.1. The third-order valence-electron chi connectivity index (χ3n) is 4.88. The van der Waals surface area contributed by atoms with Crippen molar-refractivity contribution in [1.82, 2.24) is 20.2 Å². The lowest BCUT2D eigenvalue weighted by Crippen LogP contribution is -2.19. The number of para-hydroxylation sites is 1. The standard InChI is InChI=1S/C24H22BrN5O4S2/c1-32-18-11-15(12-19(33-2)22(18)34-3)23-28-29-24(30(23)16-7-5-4-6-8-16)35-14-21(31)27-26-13-17-9-10-20(25)36-17/h4-13H,14H2,1-3H3,(H,27,31)/b26-13+. The molecule has 4 rings (SSSR count). The predicted molar refractivity (Wildman–Crippen MR) is 145 cm³/mol. The summed E-state index contributed by atoms with van der Waals surface area (Å²) in [4.78, 5) is 13.3. The number of ether oxygens (including phenoxy) is 3. The van der Waals surface area contributed by atoms with E-state index in [0.29, 0.717) is 33.8 Å². The van der Waals surface area contributed by atoms with Crippen LogP contribution in [0.2, 0.25) is 0 Å². The first-order chi connectivity index (χ1) is 17.5. The lowest BCUT2D eigenvalue weighted by atomic mass is 10.1. The zero-order chi connectivity index (χ0) is 25.5. The van der Waals surface area contributed by atoms with Gasteiger partial charge >= 0.3 is 0 Å². The van der Waals surface area contributed by atoms with E-state index < -0.39 is 0 Å². The minimum Gasteiger partial charge on any atom is -0.493 e. The Morgan fingerprint density at radius 3 is 2.42 bits per heavy atom. The van der Waals surface area contributed by atoms with Crippen LogP contribution in [0.5, 0.6) is 17.2 Å². The number of hydrazone groups is 1. The number of halogens is 1. The molecule has 186 valence electrons. The maximum atomic E-state index is 12.4. The zero-order valence-corrected chi connectivity index (χ0v) is 22.8. The molecule has 12 heteroatoms. The van der Waals surface area contributed by atoms with Crippen LogP contribution in [0, 0.1) is 0 Å². The Balaban J connectivity index is 1.61. The van der Waals surface area contributed by atoms with Crippen LogP contribution in [-0.2, 0) is 4.79 Å². The van der Waals surface area contributed by atoms with Crippen molar-refractivity contribution in [1.29, 1.82) is 0 Å². The molecule has 4 aromatic rings. The van der Waals surface area contributed by atoms with Crippen LogP contribution in [0.15, 0.2) is 68.6 Å². The van der Waals surface area contributed by atoms with Crippen molar-refractivity contribution in [2.75, 3.05) is 27.1 Å². The molecule has 2 heterocycles. The summed E-state index contributed by atoms with van der Waals surface area (Å²) < 4.78 is 19.3. The summed E-state index contributed by atoms with van der Waals surface area (Å²) in [5, 5.41) is 13.4. The monoisotopic (exact) mass is 587 g/mol. The first kappa shape index (κ1) is 25.7. The van der Waals surface area contributed by atoms with Crippen molar-refractivity contribution in [2.24, 2.45) is 5.10 Å². The number of carbonyl (C=O) groups is 1. The van der Waals surface area contributed by atoms with Crippen LogP contribution in [-0.4, -0.2) is 54.0 Å². The summed E-state index contributed by atoms with van der Waals surface area (Å²) in [6.45, 7) is 0. The SMILES string of the molecule is COc1cc(-c2nnc(SCC(=O)N/N=C/c3ccc(Br)s3)n2-c2ccccc2)cc(OC)c1OC. The minimum atomic E-state index is -0.260. The van der Waals surface area contributed by atoms with Gasteiger partial charge in [-0.1, -0.05) is 30.0 Å². The Morgan fingerprint density at radius 1 is 1.08 bits per heavy atom. The maximum Gasteiger partial charge on any atom is 0.250 e. The summed E-state index contributed by atoms with van der Waals surface area (Å²) in [5.41, 5.74) is 4.10. The molecule has 0 saturated heterocycles. The van der Waals surface area contributed by atoms with Gasteiger partial charge in [0.1, 0.15) is 0 Å². The van der Waals surface area contributed by atoms with Crippen LogP contribution < -0.4 is 19.6 Å². The van der Waals surface area contributed by atoms with E-state index in [1.54, 1.807) is 27.5 Å². The molecule has 1 N–H and O–H groups in total. The third kappa shape index (κ3) is 5.89. The number of nitrogens with zero attached hydrogens (tertiary/aromatic N) is 4. The average Bonchev–Trinajstić information content (AvgIpc) is 3.52. The van der Waals surface area contributed by atoms with E-state index in [-0.39, 0.29) is 11.7 Å². The zero-order valence-electron chi connectivity index (χ0n) is 19.6. The highest BCUT2D eigenvalue weighted by atomic mass is 79.9. The number of methoxy groups -OCH3 is 3. The summed E-state index contributed by atoms with van der Waals surface area (Å²) in [6.07, 6.45) is 1.60. The molecule has 2 aromatic carbocycles. The number of benzene rings is 2.